The standard InChI is InChI=1S/C12H9F4N3/c1-17-11-9(15)5-10(16)12(19-11)18-8-3-6(13)2-7(14)4-8/h2-5H,1H3,(H2,17,18,19). The summed E-state index contributed by atoms with van der Waals surface area (Å²) in [5.41, 5.74) is -0.0300. The maximum Gasteiger partial charge on any atom is 0.169 e. The van der Waals surface area contributed by atoms with Gasteiger partial charge in [-0.15, -0.1) is 0 Å². The third kappa shape index (κ3) is 2.93. The van der Waals surface area contributed by atoms with Gasteiger partial charge in [0.1, 0.15) is 11.6 Å². The Hall–Kier alpha value is -2.31. The lowest BCUT2D eigenvalue weighted by Crippen LogP contribution is -2.04. The van der Waals surface area contributed by atoms with Crippen LogP contribution in [0, 0.1) is 23.3 Å². The summed E-state index contributed by atoms with van der Waals surface area (Å²) >= 11 is 0. The Morgan fingerprint density at radius 1 is 0.842 bits per heavy atom. The molecule has 2 rings (SSSR count). The first kappa shape index (κ1) is 13.1. The smallest absolute Gasteiger partial charge is 0.169 e. The van der Waals surface area contributed by atoms with Gasteiger partial charge in [-0.25, -0.2) is 22.5 Å². The highest BCUT2D eigenvalue weighted by Gasteiger charge is 2.12. The van der Waals surface area contributed by atoms with Gasteiger partial charge in [0.15, 0.2) is 23.3 Å². The lowest BCUT2D eigenvalue weighted by Gasteiger charge is -2.09. The number of nitrogens with one attached hydrogen (secondary N) is 2. The fourth-order valence-electron chi connectivity index (χ4n) is 1.49. The van der Waals surface area contributed by atoms with Crippen LogP contribution in [0.4, 0.5) is 34.9 Å². The van der Waals surface area contributed by atoms with Crippen molar-refractivity contribution in [2.24, 2.45) is 0 Å². The Labute approximate surface area is 106 Å². The number of rotatable bonds is 3. The van der Waals surface area contributed by atoms with Gasteiger partial charge in [-0.3, -0.25) is 0 Å². The average molecular weight is 271 g/mol. The number of anilines is 3. The SMILES string of the molecule is CNc1nc(Nc2cc(F)cc(F)c2)c(F)cc1F. The van der Waals surface area contributed by atoms with E-state index < -0.39 is 23.3 Å². The molecule has 0 saturated carbocycles. The van der Waals surface area contributed by atoms with Crippen LogP contribution in [0.5, 0.6) is 0 Å². The minimum Gasteiger partial charge on any atom is -0.371 e. The zero-order chi connectivity index (χ0) is 14.0. The fraction of sp³-hybridized carbons (Fsp3) is 0.0833. The number of hydrogen-bond donors (Lipinski definition) is 2. The number of halogens is 4. The Balaban J connectivity index is 2.37. The van der Waals surface area contributed by atoms with Crippen LogP contribution in [-0.4, -0.2) is 12.0 Å². The van der Waals surface area contributed by atoms with Gasteiger partial charge in [-0.1, -0.05) is 0 Å². The second-order valence-electron chi connectivity index (χ2n) is 3.68. The molecule has 0 aliphatic heterocycles. The van der Waals surface area contributed by atoms with E-state index in [9.17, 15) is 17.6 Å². The monoisotopic (exact) mass is 271 g/mol. The Kier molecular flexibility index (Phi) is 3.55. The van der Waals surface area contributed by atoms with Crippen molar-refractivity contribution in [1.82, 2.24) is 4.98 Å². The molecule has 19 heavy (non-hydrogen) atoms. The van der Waals surface area contributed by atoms with E-state index in [4.69, 9.17) is 0 Å². The van der Waals surface area contributed by atoms with Crippen LogP contribution in [-0.2, 0) is 0 Å². The number of hydrogen-bond acceptors (Lipinski definition) is 3. The quantitative estimate of drug-likeness (QED) is 0.840. The number of pyridine rings is 1. The van der Waals surface area contributed by atoms with Gasteiger partial charge in [0.05, 0.1) is 0 Å². The molecule has 1 aromatic heterocycles. The van der Waals surface area contributed by atoms with Crippen molar-refractivity contribution in [2.45, 2.75) is 0 Å². The van der Waals surface area contributed by atoms with E-state index in [0.717, 1.165) is 12.1 Å². The van der Waals surface area contributed by atoms with Crippen LogP contribution in [0.2, 0.25) is 0 Å². The Morgan fingerprint density at radius 2 is 1.42 bits per heavy atom. The van der Waals surface area contributed by atoms with Crippen molar-refractivity contribution in [2.75, 3.05) is 17.7 Å². The van der Waals surface area contributed by atoms with Crippen LogP contribution in [0.15, 0.2) is 24.3 Å². The molecule has 7 heteroatoms. The third-order valence-electron chi connectivity index (χ3n) is 2.29. The molecule has 2 N–H and O–H groups in total. The van der Waals surface area contributed by atoms with Crippen LogP contribution in [0.25, 0.3) is 0 Å². The summed E-state index contributed by atoms with van der Waals surface area (Å²) < 4.78 is 52.6. The van der Waals surface area contributed by atoms with E-state index in [1.165, 1.54) is 7.05 Å². The van der Waals surface area contributed by atoms with Gasteiger partial charge in [-0.05, 0) is 12.1 Å². The van der Waals surface area contributed by atoms with E-state index in [0.29, 0.717) is 12.1 Å². The minimum absolute atomic E-state index is 0.0300. The summed E-state index contributed by atoms with van der Waals surface area (Å²) in [7, 11) is 1.41. The van der Waals surface area contributed by atoms with Gasteiger partial charge in [-0.2, -0.15) is 0 Å². The molecule has 0 fully saturated rings. The summed E-state index contributed by atoms with van der Waals surface area (Å²) in [6.07, 6.45) is 0. The molecule has 0 saturated heterocycles. The zero-order valence-corrected chi connectivity index (χ0v) is 9.77. The second-order valence-corrected chi connectivity index (χ2v) is 3.68. The van der Waals surface area contributed by atoms with Crippen molar-refractivity contribution < 1.29 is 17.6 Å². The zero-order valence-electron chi connectivity index (χ0n) is 9.77. The molecule has 0 aliphatic carbocycles. The molecule has 1 heterocycles. The molecule has 0 aliphatic rings. The summed E-state index contributed by atoms with van der Waals surface area (Å²) in [4.78, 5) is 3.63. The molecule has 3 nitrogen and oxygen atoms in total. The number of aromatic nitrogens is 1. The largest absolute Gasteiger partial charge is 0.371 e. The Bertz CT molecular complexity index is 596. The number of nitrogens with zero attached hydrogens (tertiary/aromatic N) is 1. The molecule has 0 unspecified atom stereocenters. The molecule has 1 aromatic carbocycles. The lowest BCUT2D eigenvalue weighted by molar-refractivity contribution is 0.578. The first-order valence-corrected chi connectivity index (χ1v) is 5.26. The van der Waals surface area contributed by atoms with E-state index in [1.54, 1.807) is 0 Å². The highest BCUT2D eigenvalue weighted by molar-refractivity contribution is 5.59. The normalized spacial score (nSPS) is 10.4. The van der Waals surface area contributed by atoms with E-state index in [1.807, 2.05) is 0 Å². The molecular weight excluding hydrogens is 262 g/mol. The highest BCUT2D eigenvalue weighted by Crippen LogP contribution is 2.23. The van der Waals surface area contributed by atoms with Crippen LogP contribution >= 0.6 is 0 Å². The van der Waals surface area contributed by atoms with Gasteiger partial charge in [0, 0.05) is 24.9 Å². The topological polar surface area (TPSA) is 37.0 Å². The molecule has 0 radical (unpaired) electrons. The van der Waals surface area contributed by atoms with Crippen molar-refractivity contribution in [1.29, 1.82) is 0 Å². The predicted molar refractivity (Wildman–Crippen MR) is 63.3 cm³/mol. The van der Waals surface area contributed by atoms with Crippen LogP contribution in [0.1, 0.15) is 0 Å². The average Bonchev–Trinajstić information content (AvgIpc) is 2.31. The van der Waals surface area contributed by atoms with Crippen molar-refractivity contribution in [3.05, 3.63) is 47.5 Å². The Morgan fingerprint density at radius 3 is 2.00 bits per heavy atom. The van der Waals surface area contributed by atoms with Gasteiger partial charge >= 0.3 is 0 Å². The molecule has 2 aromatic rings. The van der Waals surface area contributed by atoms with Gasteiger partial charge in [0.25, 0.3) is 0 Å². The molecular formula is C12H9F4N3. The van der Waals surface area contributed by atoms with Crippen molar-refractivity contribution >= 4 is 17.3 Å². The maximum absolute atomic E-state index is 13.5. The minimum atomic E-state index is -0.971. The summed E-state index contributed by atoms with van der Waals surface area (Å²) in [6, 6.07) is 3.23. The van der Waals surface area contributed by atoms with Crippen molar-refractivity contribution in [3.8, 4) is 0 Å². The maximum atomic E-state index is 13.5. The second kappa shape index (κ2) is 5.13. The molecule has 100 valence electrons. The van der Waals surface area contributed by atoms with Crippen molar-refractivity contribution in [3.63, 3.8) is 0 Å². The summed E-state index contributed by atoms with van der Waals surface area (Å²) in [5, 5.41) is 4.81. The fourth-order valence-corrected chi connectivity index (χ4v) is 1.49. The summed E-state index contributed by atoms with van der Waals surface area (Å²) in [6.45, 7) is 0. The van der Waals surface area contributed by atoms with E-state index in [-0.39, 0.29) is 17.3 Å². The lowest BCUT2D eigenvalue weighted by atomic mass is 10.3. The van der Waals surface area contributed by atoms with E-state index >= 15 is 0 Å². The van der Waals surface area contributed by atoms with Crippen LogP contribution < -0.4 is 10.6 Å². The van der Waals surface area contributed by atoms with Crippen LogP contribution in [0.3, 0.4) is 0 Å². The molecule has 0 bridgehead atoms. The third-order valence-corrected chi connectivity index (χ3v) is 2.29. The number of benzene rings is 1. The predicted octanol–water partition coefficient (Wildman–Crippen LogP) is 3.42. The van der Waals surface area contributed by atoms with E-state index in [2.05, 4.69) is 15.6 Å². The molecule has 0 atom stereocenters. The summed E-state index contributed by atoms with van der Waals surface area (Å²) in [5.74, 6) is -3.99. The molecule has 0 spiro atoms. The van der Waals surface area contributed by atoms with Gasteiger partial charge < -0.3 is 10.6 Å². The highest BCUT2D eigenvalue weighted by atomic mass is 19.1. The first-order chi connectivity index (χ1) is 8.99. The first-order valence-electron chi connectivity index (χ1n) is 5.26. The molecule has 0 amide bonds. The van der Waals surface area contributed by atoms with Gasteiger partial charge in [0.2, 0.25) is 0 Å².